The number of imide groups is 1. The molecular weight excluding hydrogens is 394 g/mol. The molecule has 2 heterocycles. The van der Waals surface area contributed by atoms with Gasteiger partial charge in [0.1, 0.15) is 17.0 Å². The number of ether oxygens (including phenoxy) is 1. The zero-order valence-corrected chi connectivity index (χ0v) is 18.1. The van der Waals surface area contributed by atoms with E-state index in [2.05, 4.69) is 4.90 Å². The number of likely N-dealkylation sites (N-methyl/N-ethyl adjacent to an activating group) is 1. The third-order valence-electron chi connectivity index (χ3n) is 6.44. The number of benzene rings is 2. The molecular formula is C24H29N3O4. The highest BCUT2D eigenvalue weighted by Crippen LogP contribution is 2.38. The molecule has 2 aliphatic rings. The lowest BCUT2D eigenvalue weighted by molar-refractivity contribution is -0.136. The van der Waals surface area contributed by atoms with Crippen molar-refractivity contribution >= 4 is 11.9 Å². The third-order valence-corrected chi connectivity index (χ3v) is 6.44. The van der Waals surface area contributed by atoms with Gasteiger partial charge in [0.25, 0.3) is 5.91 Å². The van der Waals surface area contributed by atoms with Gasteiger partial charge in [-0.05, 0) is 55.2 Å². The first kappa shape index (κ1) is 21.2. The average molecular weight is 424 g/mol. The monoisotopic (exact) mass is 423 g/mol. The van der Waals surface area contributed by atoms with Crippen molar-refractivity contribution in [2.45, 2.75) is 38.4 Å². The molecule has 2 fully saturated rings. The molecule has 1 spiro atoms. The predicted octanol–water partition coefficient (Wildman–Crippen LogP) is 3.22. The summed E-state index contributed by atoms with van der Waals surface area (Å²) in [4.78, 5) is 32.1. The Balaban J connectivity index is 1.48. The zero-order valence-electron chi connectivity index (χ0n) is 18.1. The number of rotatable bonds is 6. The van der Waals surface area contributed by atoms with Gasteiger partial charge in [-0.3, -0.25) is 14.6 Å². The number of hydrogen-bond acceptors (Lipinski definition) is 5. The van der Waals surface area contributed by atoms with Crippen molar-refractivity contribution in [1.82, 2.24) is 14.7 Å². The lowest BCUT2D eigenvalue weighted by atomic mass is 9.85. The SMILES string of the molecule is CCN1C(=O)N(Cc2cccc(OC)c2)C(=O)C12CCN(Cc1ccc(O)cc1)CC2. The first-order valence-corrected chi connectivity index (χ1v) is 10.7. The fourth-order valence-electron chi connectivity index (χ4n) is 4.74. The van der Waals surface area contributed by atoms with E-state index in [9.17, 15) is 14.7 Å². The largest absolute Gasteiger partial charge is 0.508 e. The summed E-state index contributed by atoms with van der Waals surface area (Å²) < 4.78 is 5.27. The second kappa shape index (κ2) is 8.59. The molecule has 31 heavy (non-hydrogen) atoms. The molecule has 0 radical (unpaired) electrons. The molecule has 1 N–H and O–H groups in total. The Bertz CT molecular complexity index is 952. The van der Waals surface area contributed by atoms with Gasteiger partial charge in [0.15, 0.2) is 0 Å². The Labute approximate surface area is 182 Å². The summed E-state index contributed by atoms with van der Waals surface area (Å²) in [7, 11) is 1.60. The lowest BCUT2D eigenvalue weighted by Gasteiger charge is -2.42. The average Bonchev–Trinajstić information content (AvgIpc) is 2.98. The van der Waals surface area contributed by atoms with Crippen LogP contribution in [-0.2, 0) is 17.9 Å². The Kier molecular flexibility index (Phi) is 5.87. The summed E-state index contributed by atoms with van der Waals surface area (Å²) in [6.45, 7) is 4.94. The van der Waals surface area contributed by atoms with E-state index >= 15 is 0 Å². The van der Waals surface area contributed by atoms with Crippen molar-refractivity contribution in [3.8, 4) is 11.5 Å². The quantitative estimate of drug-likeness (QED) is 0.723. The molecule has 4 rings (SSSR count). The summed E-state index contributed by atoms with van der Waals surface area (Å²) in [6.07, 6.45) is 1.25. The van der Waals surface area contributed by atoms with Crippen LogP contribution in [0.5, 0.6) is 11.5 Å². The molecule has 7 nitrogen and oxygen atoms in total. The number of methoxy groups -OCH3 is 1. The molecule has 2 saturated heterocycles. The number of nitrogens with zero attached hydrogens (tertiary/aromatic N) is 3. The van der Waals surface area contributed by atoms with Crippen LogP contribution >= 0.6 is 0 Å². The predicted molar refractivity (Wildman–Crippen MR) is 117 cm³/mol. The number of urea groups is 1. The number of likely N-dealkylation sites (tertiary alicyclic amines) is 1. The molecule has 3 amide bonds. The topological polar surface area (TPSA) is 73.3 Å². The van der Waals surface area contributed by atoms with E-state index in [1.54, 1.807) is 24.1 Å². The normalized spacial score (nSPS) is 18.8. The van der Waals surface area contributed by atoms with E-state index in [0.29, 0.717) is 25.1 Å². The molecule has 0 aliphatic carbocycles. The smallest absolute Gasteiger partial charge is 0.327 e. The maximum absolute atomic E-state index is 13.5. The van der Waals surface area contributed by atoms with E-state index in [4.69, 9.17) is 4.74 Å². The van der Waals surface area contributed by atoms with Crippen molar-refractivity contribution in [2.24, 2.45) is 0 Å². The van der Waals surface area contributed by atoms with Crippen LogP contribution in [0.2, 0.25) is 0 Å². The van der Waals surface area contributed by atoms with Gasteiger partial charge in [-0.1, -0.05) is 24.3 Å². The third kappa shape index (κ3) is 3.97. The van der Waals surface area contributed by atoms with Crippen LogP contribution in [-0.4, -0.2) is 64.0 Å². The van der Waals surface area contributed by atoms with E-state index < -0.39 is 5.54 Å². The van der Waals surface area contributed by atoms with Gasteiger partial charge >= 0.3 is 6.03 Å². The van der Waals surface area contributed by atoms with Gasteiger partial charge in [0, 0.05) is 26.2 Å². The highest BCUT2D eigenvalue weighted by molar-refractivity contribution is 6.07. The Hall–Kier alpha value is -3.06. The van der Waals surface area contributed by atoms with Crippen molar-refractivity contribution in [2.75, 3.05) is 26.7 Å². The first-order chi connectivity index (χ1) is 15.0. The van der Waals surface area contributed by atoms with Crippen LogP contribution in [0.3, 0.4) is 0 Å². The summed E-state index contributed by atoms with van der Waals surface area (Å²) in [5.41, 5.74) is 1.24. The molecule has 2 aromatic carbocycles. The van der Waals surface area contributed by atoms with Crippen LogP contribution in [0.25, 0.3) is 0 Å². The molecule has 0 bridgehead atoms. The Morgan fingerprint density at radius 1 is 1.00 bits per heavy atom. The zero-order chi connectivity index (χ0) is 22.0. The minimum Gasteiger partial charge on any atom is -0.508 e. The first-order valence-electron chi connectivity index (χ1n) is 10.7. The van der Waals surface area contributed by atoms with Crippen LogP contribution in [0.1, 0.15) is 30.9 Å². The number of phenols is 1. The maximum atomic E-state index is 13.5. The minimum atomic E-state index is -0.754. The number of piperidine rings is 1. The Morgan fingerprint density at radius 3 is 2.35 bits per heavy atom. The van der Waals surface area contributed by atoms with Crippen molar-refractivity contribution in [3.63, 3.8) is 0 Å². The molecule has 2 aromatic rings. The molecule has 0 saturated carbocycles. The van der Waals surface area contributed by atoms with Gasteiger partial charge in [-0.25, -0.2) is 4.79 Å². The fraction of sp³-hybridized carbons (Fsp3) is 0.417. The summed E-state index contributed by atoms with van der Waals surface area (Å²) in [6, 6.07) is 14.5. The second-order valence-corrected chi connectivity index (χ2v) is 8.24. The van der Waals surface area contributed by atoms with Gasteiger partial charge in [0.05, 0.1) is 13.7 Å². The second-order valence-electron chi connectivity index (χ2n) is 8.24. The van der Waals surface area contributed by atoms with Crippen LogP contribution in [0.15, 0.2) is 48.5 Å². The fourth-order valence-corrected chi connectivity index (χ4v) is 4.74. The van der Waals surface area contributed by atoms with E-state index in [1.807, 2.05) is 43.3 Å². The van der Waals surface area contributed by atoms with Crippen molar-refractivity contribution in [1.29, 1.82) is 0 Å². The maximum Gasteiger partial charge on any atom is 0.327 e. The molecule has 0 atom stereocenters. The molecule has 0 unspecified atom stereocenters. The van der Waals surface area contributed by atoms with E-state index in [1.165, 1.54) is 4.90 Å². The number of hydrogen-bond donors (Lipinski definition) is 1. The van der Waals surface area contributed by atoms with E-state index in [0.717, 1.165) is 30.8 Å². The van der Waals surface area contributed by atoms with Crippen molar-refractivity contribution < 1.29 is 19.4 Å². The van der Waals surface area contributed by atoms with Gasteiger partial charge in [-0.15, -0.1) is 0 Å². The molecule has 7 heteroatoms. The van der Waals surface area contributed by atoms with Gasteiger partial charge in [0.2, 0.25) is 0 Å². The van der Waals surface area contributed by atoms with Gasteiger partial charge < -0.3 is 14.7 Å². The molecule has 0 aromatic heterocycles. The van der Waals surface area contributed by atoms with Crippen molar-refractivity contribution in [3.05, 3.63) is 59.7 Å². The Morgan fingerprint density at radius 2 is 1.71 bits per heavy atom. The molecule has 2 aliphatic heterocycles. The van der Waals surface area contributed by atoms with Crippen LogP contribution in [0.4, 0.5) is 4.79 Å². The van der Waals surface area contributed by atoms with Gasteiger partial charge in [-0.2, -0.15) is 0 Å². The lowest BCUT2D eigenvalue weighted by Crippen LogP contribution is -2.56. The highest BCUT2D eigenvalue weighted by Gasteiger charge is 2.57. The number of phenolic OH excluding ortho intramolecular Hbond substituents is 1. The molecule has 164 valence electrons. The van der Waals surface area contributed by atoms with Crippen LogP contribution in [0, 0.1) is 0 Å². The van der Waals surface area contributed by atoms with Crippen LogP contribution < -0.4 is 4.74 Å². The number of carbonyl (C=O) groups is 2. The minimum absolute atomic E-state index is 0.0912. The summed E-state index contributed by atoms with van der Waals surface area (Å²) in [5.74, 6) is 0.874. The highest BCUT2D eigenvalue weighted by atomic mass is 16.5. The summed E-state index contributed by atoms with van der Waals surface area (Å²) in [5, 5.41) is 9.47. The summed E-state index contributed by atoms with van der Waals surface area (Å²) >= 11 is 0. The standard InChI is InChI=1S/C24H29N3O4/c1-3-27-23(30)26(17-19-5-4-6-21(15-19)31-2)22(29)24(27)11-13-25(14-12-24)16-18-7-9-20(28)10-8-18/h4-10,15,28H,3,11-14,16-17H2,1-2H3. The van der Waals surface area contributed by atoms with E-state index in [-0.39, 0.29) is 24.2 Å². The number of amides is 3. The number of aromatic hydroxyl groups is 1. The number of carbonyl (C=O) groups excluding carboxylic acids is 2.